The molecule has 1 aromatic rings. The molecule has 0 fully saturated rings. The third kappa shape index (κ3) is 6.07. The van der Waals surface area contributed by atoms with Gasteiger partial charge in [0.2, 0.25) is 5.91 Å². The van der Waals surface area contributed by atoms with Gasteiger partial charge in [-0.25, -0.2) is 8.78 Å². The molecule has 0 saturated carbocycles. The fourth-order valence-electron chi connectivity index (χ4n) is 1.14. The van der Waals surface area contributed by atoms with E-state index in [1.165, 1.54) is 6.07 Å². The molecule has 1 rings (SSSR count). The summed E-state index contributed by atoms with van der Waals surface area (Å²) in [4.78, 5) is 11.0. The number of carbonyl (C=O) groups excluding carboxylic acids is 1. The topological polar surface area (TPSA) is 38.3 Å². The van der Waals surface area contributed by atoms with Crippen LogP contribution in [-0.2, 0) is 4.79 Å². The Labute approximate surface area is 114 Å². The Bertz CT molecular complexity index is 497. The highest BCUT2D eigenvalue weighted by molar-refractivity contribution is 6.18. The predicted octanol–water partition coefficient (Wildman–Crippen LogP) is 2.09. The van der Waals surface area contributed by atoms with Crippen LogP contribution in [0.1, 0.15) is 6.42 Å². The second-order valence-corrected chi connectivity index (χ2v) is 3.81. The van der Waals surface area contributed by atoms with Crippen LogP contribution in [0.5, 0.6) is 5.75 Å². The normalized spacial score (nSPS) is 9.42. The van der Waals surface area contributed by atoms with E-state index in [1.54, 1.807) is 0 Å². The molecule has 0 radical (unpaired) electrons. The zero-order chi connectivity index (χ0) is 14.1. The first-order valence-corrected chi connectivity index (χ1v) is 6.03. The summed E-state index contributed by atoms with van der Waals surface area (Å²) in [5, 5.41) is 2.52. The fourth-order valence-corrected chi connectivity index (χ4v) is 1.31. The summed E-state index contributed by atoms with van der Waals surface area (Å²) in [6.45, 7) is 0.124. The molecule has 19 heavy (non-hydrogen) atoms. The number of nitrogens with one attached hydrogen (secondary N) is 1. The third-order valence-electron chi connectivity index (χ3n) is 2.01. The maximum atomic E-state index is 13.1. The average Bonchev–Trinajstić information content (AvgIpc) is 2.36. The number of ether oxygens (including phenoxy) is 1. The van der Waals surface area contributed by atoms with Crippen LogP contribution in [0, 0.1) is 23.5 Å². The zero-order valence-electron chi connectivity index (χ0n) is 10.0. The Morgan fingerprint density at radius 1 is 1.37 bits per heavy atom. The highest BCUT2D eigenvalue weighted by atomic mass is 35.5. The van der Waals surface area contributed by atoms with E-state index in [1.807, 2.05) is 0 Å². The number of benzene rings is 1. The fraction of sp³-hybridized carbons (Fsp3) is 0.308. The summed E-state index contributed by atoms with van der Waals surface area (Å²) < 4.78 is 30.7. The standard InChI is InChI=1S/C13H12ClF2NO2/c14-6-5-13(18)17-7-1-2-8-19-12-4-3-10(15)9-11(12)16/h3-4,9H,5-8H2,(H,17,18). The van der Waals surface area contributed by atoms with Crippen molar-refractivity contribution in [2.24, 2.45) is 0 Å². The molecule has 0 aromatic heterocycles. The van der Waals surface area contributed by atoms with E-state index in [0.29, 0.717) is 0 Å². The van der Waals surface area contributed by atoms with Gasteiger partial charge < -0.3 is 10.1 Å². The van der Waals surface area contributed by atoms with Gasteiger partial charge >= 0.3 is 0 Å². The molecule has 6 heteroatoms. The smallest absolute Gasteiger partial charge is 0.221 e. The molecule has 0 aliphatic carbocycles. The lowest BCUT2D eigenvalue weighted by molar-refractivity contribution is -0.120. The van der Waals surface area contributed by atoms with Crippen LogP contribution in [0.3, 0.4) is 0 Å². The van der Waals surface area contributed by atoms with Crippen molar-refractivity contribution >= 4 is 17.5 Å². The van der Waals surface area contributed by atoms with E-state index < -0.39 is 11.6 Å². The molecule has 0 bridgehead atoms. The Kier molecular flexibility index (Phi) is 6.69. The van der Waals surface area contributed by atoms with Crippen LogP contribution < -0.4 is 10.1 Å². The lowest BCUT2D eigenvalue weighted by atomic mass is 10.3. The van der Waals surface area contributed by atoms with E-state index >= 15 is 0 Å². The van der Waals surface area contributed by atoms with Crippen molar-refractivity contribution in [3.63, 3.8) is 0 Å². The minimum Gasteiger partial charge on any atom is -0.478 e. The lowest BCUT2D eigenvalue weighted by Gasteiger charge is -2.02. The van der Waals surface area contributed by atoms with Crippen molar-refractivity contribution in [3.8, 4) is 17.6 Å². The minimum atomic E-state index is -0.780. The summed E-state index contributed by atoms with van der Waals surface area (Å²) in [6, 6.07) is 3.02. The molecule has 0 spiro atoms. The maximum absolute atomic E-state index is 13.1. The van der Waals surface area contributed by atoms with Gasteiger partial charge in [-0.1, -0.05) is 11.8 Å². The number of halogens is 3. The third-order valence-corrected chi connectivity index (χ3v) is 2.20. The minimum absolute atomic E-state index is 0.0477. The molecule has 3 nitrogen and oxygen atoms in total. The number of hydrogen-bond acceptors (Lipinski definition) is 2. The molecule has 0 aliphatic rings. The first kappa shape index (κ1) is 15.3. The summed E-state index contributed by atoms with van der Waals surface area (Å²) in [6.07, 6.45) is 0.237. The monoisotopic (exact) mass is 287 g/mol. The van der Waals surface area contributed by atoms with Gasteiger partial charge in [0.25, 0.3) is 0 Å². The van der Waals surface area contributed by atoms with Crippen LogP contribution in [0.4, 0.5) is 8.78 Å². The molecular formula is C13H12ClF2NO2. The average molecular weight is 288 g/mol. The van der Waals surface area contributed by atoms with Crippen LogP contribution >= 0.6 is 11.6 Å². The lowest BCUT2D eigenvalue weighted by Crippen LogP contribution is -2.23. The number of alkyl halides is 1. The number of amides is 1. The highest BCUT2D eigenvalue weighted by Gasteiger charge is 2.03. The van der Waals surface area contributed by atoms with Gasteiger partial charge in [-0.15, -0.1) is 11.6 Å². The SMILES string of the molecule is O=C(CCCl)NCC#CCOc1ccc(F)cc1F. The van der Waals surface area contributed by atoms with Gasteiger partial charge in [0.05, 0.1) is 6.54 Å². The van der Waals surface area contributed by atoms with Crippen molar-refractivity contribution in [2.45, 2.75) is 6.42 Å². The first-order chi connectivity index (χ1) is 9.13. The van der Waals surface area contributed by atoms with E-state index in [-0.39, 0.29) is 37.1 Å². The maximum Gasteiger partial charge on any atom is 0.221 e. The molecule has 1 aromatic carbocycles. The summed E-state index contributed by atoms with van der Waals surface area (Å²) in [5.41, 5.74) is 0. The number of hydrogen-bond donors (Lipinski definition) is 1. The van der Waals surface area contributed by atoms with Crippen molar-refractivity contribution in [1.82, 2.24) is 5.32 Å². The summed E-state index contributed by atoms with van der Waals surface area (Å²) in [7, 11) is 0. The molecule has 1 N–H and O–H groups in total. The Morgan fingerprint density at radius 2 is 2.16 bits per heavy atom. The molecule has 0 heterocycles. The number of carbonyl (C=O) groups is 1. The molecule has 0 aliphatic heterocycles. The van der Waals surface area contributed by atoms with Crippen LogP contribution in [-0.4, -0.2) is 24.9 Å². The van der Waals surface area contributed by atoms with Crippen LogP contribution in [0.25, 0.3) is 0 Å². The highest BCUT2D eigenvalue weighted by Crippen LogP contribution is 2.16. The van der Waals surface area contributed by atoms with Crippen molar-refractivity contribution in [2.75, 3.05) is 19.0 Å². The molecular weight excluding hydrogens is 276 g/mol. The van der Waals surface area contributed by atoms with Crippen molar-refractivity contribution in [3.05, 3.63) is 29.8 Å². The number of rotatable bonds is 5. The van der Waals surface area contributed by atoms with E-state index in [2.05, 4.69) is 17.2 Å². The van der Waals surface area contributed by atoms with Gasteiger partial charge in [-0.3, -0.25) is 4.79 Å². The molecule has 1 amide bonds. The zero-order valence-corrected chi connectivity index (χ0v) is 10.8. The summed E-state index contributed by atoms with van der Waals surface area (Å²) in [5.74, 6) is 3.78. The largest absolute Gasteiger partial charge is 0.478 e. The predicted molar refractivity (Wildman–Crippen MR) is 68.0 cm³/mol. The second kappa shape index (κ2) is 8.33. The molecule has 0 saturated heterocycles. The van der Waals surface area contributed by atoms with Gasteiger partial charge in [0.1, 0.15) is 12.4 Å². The Morgan fingerprint density at radius 3 is 2.84 bits per heavy atom. The molecule has 102 valence electrons. The van der Waals surface area contributed by atoms with Gasteiger partial charge in [0.15, 0.2) is 11.6 Å². The van der Waals surface area contributed by atoms with Crippen LogP contribution in [0.15, 0.2) is 18.2 Å². The van der Waals surface area contributed by atoms with Crippen molar-refractivity contribution < 1.29 is 18.3 Å². The Balaban J connectivity index is 2.29. The second-order valence-electron chi connectivity index (χ2n) is 3.43. The van der Waals surface area contributed by atoms with Crippen LogP contribution in [0.2, 0.25) is 0 Å². The van der Waals surface area contributed by atoms with Gasteiger partial charge in [-0.2, -0.15) is 0 Å². The summed E-state index contributed by atoms with van der Waals surface area (Å²) >= 11 is 5.37. The van der Waals surface area contributed by atoms with E-state index in [4.69, 9.17) is 16.3 Å². The molecule has 0 unspecified atom stereocenters. The van der Waals surface area contributed by atoms with E-state index in [0.717, 1.165) is 12.1 Å². The first-order valence-electron chi connectivity index (χ1n) is 5.49. The van der Waals surface area contributed by atoms with E-state index in [9.17, 15) is 13.6 Å². The van der Waals surface area contributed by atoms with Gasteiger partial charge in [-0.05, 0) is 12.1 Å². The Hall–Kier alpha value is -1.80. The molecule has 0 atom stereocenters. The van der Waals surface area contributed by atoms with Crippen molar-refractivity contribution in [1.29, 1.82) is 0 Å². The quantitative estimate of drug-likeness (QED) is 0.665. The van der Waals surface area contributed by atoms with Gasteiger partial charge in [0, 0.05) is 18.4 Å².